The summed E-state index contributed by atoms with van der Waals surface area (Å²) in [5.41, 5.74) is 0.422. The number of halogens is 1. The first kappa shape index (κ1) is 12.3. The summed E-state index contributed by atoms with van der Waals surface area (Å²) < 4.78 is 19.0. The number of hydrogen-bond acceptors (Lipinski definition) is 3. The topological polar surface area (TPSA) is 33.0 Å². The zero-order chi connectivity index (χ0) is 12.3. The summed E-state index contributed by atoms with van der Waals surface area (Å²) in [6.07, 6.45) is 3.38. The molecule has 0 amide bonds. The fourth-order valence-corrected chi connectivity index (χ4v) is 2.35. The molecule has 1 aliphatic carbocycles. The average Bonchev–Trinajstić information content (AvgIpc) is 2.30. The highest BCUT2D eigenvalue weighted by Crippen LogP contribution is 2.42. The van der Waals surface area contributed by atoms with Crippen LogP contribution in [-0.4, -0.2) is 12.4 Å². The Balaban J connectivity index is 2.02. The standard InChI is InChI=1S/C13H14FNOS/c14-11-6-10(7-15)2-3-12(11)16-8-13(9-17)4-1-5-13/h2-3,6,17H,1,4-5,8-9H2. The number of ether oxygens (including phenoxy) is 1. The van der Waals surface area contributed by atoms with Crippen LogP contribution in [0.4, 0.5) is 4.39 Å². The van der Waals surface area contributed by atoms with Crippen molar-refractivity contribution in [1.82, 2.24) is 0 Å². The van der Waals surface area contributed by atoms with Crippen LogP contribution in [0, 0.1) is 22.6 Å². The van der Waals surface area contributed by atoms with Crippen LogP contribution in [0.1, 0.15) is 24.8 Å². The van der Waals surface area contributed by atoms with Gasteiger partial charge < -0.3 is 4.74 Å². The highest BCUT2D eigenvalue weighted by atomic mass is 32.1. The minimum absolute atomic E-state index is 0.115. The number of nitriles is 1. The summed E-state index contributed by atoms with van der Waals surface area (Å²) >= 11 is 4.32. The van der Waals surface area contributed by atoms with Crippen molar-refractivity contribution in [2.75, 3.05) is 12.4 Å². The normalized spacial score (nSPS) is 17.0. The van der Waals surface area contributed by atoms with Gasteiger partial charge in [0.05, 0.1) is 18.2 Å². The van der Waals surface area contributed by atoms with Crippen molar-refractivity contribution in [1.29, 1.82) is 5.26 Å². The Morgan fingerprint density at radius 1 is 1.47 bits per heavy atom. The van der Waals surface area contributed by atoms with E-state index in [0.717, 1.165) is 18.6 Å². The van der Waals surface area contributed by atoms with Gasteiger partial charge in [-0.25, -0.2) is 4.39 Å². The van der Waals surface area contributed by atoms with E-state index >= 15 is 0 Å². The maximum absolute atomic E-state index is 13.5. The molecule has 1 fully saturated rings. The molecule has 4 heteroatoms. The van der Waals surface area contributed by atoms with Gasteiger partial charge in [-0.15, -0.1) is 0 Å². The van der Waals surface area contributed by atoms with Crippen molar-refractivity contribution in [2.45, 2.75) is 19.3 Å². The molecular weight excluding hydrogens is 237 g/mol. The van der Waals surface area contributed by atoms with E-state index < -0.39 is 5.82 Å². The molecule has 2 rings (SSSR count). The Bertz CT molecular complexity index is 446. The van der Waals surface area contributed by atoms with Crippen LogP contribution < -0.4 is 4.74 Å². The number of benzene rings is 1. The Kier molecular flexibility index (Phi) is 3.58. The fourth-order valence-electron chi connectivity index (χ4n) is 1.94. The van der Waals surface area contributed by atoms with Crippen LogP contribution in [0.2, 0.25) is 0 Å². The molecule has 0 atom stereocenters. The molecule has 90 valence electrons. The summed E-state index contributed by atoms with van der Waals surface area (Å²) in [6, 6.07) is 6.17. The molecule has 0 aliphatic heterocycles. The number of thiol groups is 1. The van der Waals surface area contributed by atoms with Crippen molar-refractivity contribution in [3.8, 4) is 11.8 Å². The van der Waals surface area contributed by atoms with Gasteiger partial charge in [-0.05, 0) is 36.8 Å². The van der Waals surface area contributed by atoms with Gasteiger partial charge in [0.2, 0.25) is 0 Å². The van der Waals surface area contributed by atoms with Crippen LogP contribution in [-0.2, 0) is 0 Å². The third-order valence-electron chi connectivity index (χ3n) is 3.34. The van der Waals surface area contributed by atoms with Crippen molar-refractivity contribution in [3.63, 3.8) is 0 Å². The smallest absolute Gasteiger partial charge is 0.166 e. The molecule has 0 bridgehead atoms. The highest BCUT2D eigenvalue weighted by Gasteiger charge is 2.36. The zero-order valence-electron chi connectivity index (χ0n) is 9.45. The predicted octanol–water partition coefficient (Wildman–Crippen LogP) is 3.18. The summed E-state index contributed by atoms with van der Waals surface area (Å²) in [5, 5.41) is 8.63. The minimum Gasteiger partial charge on any atom is -0.490 e. The Morgan fingerprint density at radius 3 is 2.71 bits per heavy atom. The van der Waals surface area contributed by atoms with Crippen LogP contribution in [0.3, 0.4) is 0 Å². The third kappa shape index (κ3) is 2.55. The predicted molar refractivity (Wildman–Crippen MR) is 66.7 cm³/mol. The average molecular weight is 251 g/mol. The van der Waals surface area contributed by atoms with Crippen LogP contribution in [0.15, 0.2) is 18.2 Å². The molecule has 0 spiro atoms. The first-order chi connectivity index (χ1) is 8.19. The first-order valence-electron chi connectivity index (χ1n) is 5.62. The van der Waals surface area contributed by atoms with Gasteiger partial charge in [-0.2, -0.15) is 17.9 Å². The van der Waals surface area contributed by atoms with E-state index in [2.05, 4.69) is 12.6 Å². The quantitative estimate of drug-likeness (QED) is 0.834. The van der Waals surface area contributed by atoms with Crippen LogP contribution >= 0.6 is 12.6 Å². The summed E-state index contributed by atoms with van der Waals surface area (Å²) in [6.45, 7) is 0.499. The highest BCUT2D eigenvalue weighted by molar-refractivity contribution is 7.80. The molecule has 1 saturated carbocycles. The van der Waals surface area contributed by atoms with E-state index in [-0.39, 0.29) is 11.2 Å². The largest absolute Gasteiger partial charge is 0.490 e. The van der Waals surface area contributed by atoms with Crippen molar-refractivity contribution in [2.24, 2.45) is 5.41 Å². The van der Waals surface area contributed by atoms with E-state index in [0.29, 0.717) is 12.2 Å². The molecule has 2 nitrogen and oxygen atoms in total. The fraction of sp³-hybridized carbons (Fsp3) is 0.462. The second kappa shape index (κ2) is 4.97. The molecule has 1 aromatic carbocycles. The Hall–Kier alpha value is -1.21. The number of rotatable bonds is 4. The monoisotopic (exact) mass is 251 g/mol. The van der Waals surface area contributed by atoms with Crippen LogP contribution in [0.5, 0.6) is 5.75 Å². The molecule has 0 unspecified atom stereocenters. The molecule has 0 saturated heterocycles. The maximum Gasteiger partial charge on any atom is 0.166 e. The van der Waals surface area contributed by atoms with Crippen molar-refractivity contribution >= 4 is 12.6 Å². The van der Waals surface area contributed by atoms with Gasteiger partial charge in [-0.3, -0.25) is 0 Å². The lowest BCUT2D eigenvalue weighted by molar-refractivity contribution is 0.0805. The maximum atomic E-state index is 13.5. The Morgan fingerprint density at radius 2 is 2.24 bits per heavy atom. The zero-order valence-corrected chi connectivity index (χ0v) is 10.3. The second-order valence-corrected chi connectivity index (χ2v) is 4.87. The molecule has 0 heterocycles. The Labute approximate surface area is 106 Å². The van der Waals surface area contributed by atoms with Gasteiger partial charge in [0.25, 0.3) is 0 Å². The third-order valence-corrected chi connectivity index (χ3v) is 4.02. The lowest BCUT2D eigenvalue weighted by Gasteiger charge is -2.40. The van der Waals surface area contributed by atoms with Gasteiger partial charge in [0, 0.05) is 5.41 Å². The summed E-state index contributed by atoms with van der Waals surface area (Å²) in [7, 11) is 0. The molecule has 0 aromatic heterocycles. The molecule has 0 N–H and O–H groups in total. The summed E-state index contributed by atoms with van der Waals surface area (Å²) in [5.74, 6) is 0.514. The van der Waals surface area contributed by atoms with Gasteiger partial charge in [-0.1, -0.05) is 6.42 Å². The van der Waals surface area contributed by atoms with Crippen molar-refractivity contribution < 1.29 is 9.13 Å². The molecule has 1 aromatic rings. The van der Waals surface area contributed by atoms with Crippen molar-refractivity contribution in [3.05, 3.63) is 29.6 Å². The lowest BCUT2D eigenvalue weighted by atomic mass is 9.71. The SMILES string of the molecule is N#Cc1ccc(OCC2(CS)CCC2)c(F)c1. The minimum atomic E-state index is -0.474. The first-order valence-corrected chi connectivity index (χ1v) is 6.26. The van der Waals surface area contributed by atoms with Gasteiger partial charge >= 0.3 is 0 Å². The van der Waals surface area contributed by atoms with E-state index in [9.17, 15) is 4.39 Å². The lowest BCUT2D eigenvalue weighted by Crippen LogP contribution is -2.37. The number of hydrogen-bond donors (Lipinski definition) is 1. The van der Waals surface area contributed by atoms with E-state index in [1.165, 1.54) is 18.6 Å². The van der Waals surface area contributed by atoms with Crippen LogP contribution in [0.25, 0.3) is 0 Å². The van der Waals surface area contributed by atoms with Gasteiger partial charge in [0.15, 0.2) is 11.6 Å². The molecule has 17 heavy (non-hydrogen) atoms. The van der Waals surface area contributed by atoms with E-state index in [4.69, 9.17) is 10.00 Å². The summed E-state index contributed by atoms with van der Waals surface area (Å²) in [4.78, 5) is 0. The second-order valence-electron chi connectivity index (χ2n) is 4.56. The molecule has 0 radical (unpaired) electrons. The molecule has 1 aliphatic rings. The molecular formula is C13H14FNOS. The van der Waals surface area contributed by atoms with E-state index in [1.54, 1.807) is 6.07 Å². The van der Waals surface area contributed by atoms with E-state index in [1.807, 2.05) is 6.07 Å². The van der Waals surface area contributed by atoms with Gasteiger partial charge in [0.1, 0.15) is 0 Å². The number of nitrogens with zero attached hydrogens (tertiary/aromatic N) is 1.